The number of β-amino-alcohol motifs (C(OH)–C–C–N with tert-alkyl or cyclic N) is 1. The molecular weight excluding hydrogens is 354 g/mol. The van der Waals surface area contributed by atoms with Crippen LogP contribution in [0.3, 0.4) is 0 Å². The van der Waals surface area contributed by atoms with Crippen LogP contribution in [-0.2, 0) is 16.0 Å². The third-order valence-corrected chi connectivity index (χ3v) is 6.00. The maximum Gasteiger partial charge on any atom is 0.224 e. The lowest BCUT2D eigenvalue weighted by Gasteiger charge is -2.27. The zero-order valence-corrected chi connectivity index (χ0v) is 16.1. The van der Waals surface area contributed by atoms with E-state index in [1.54, 1.807) is 16.0 Å². The van der Waals surface area contributed by atoms with Crippen LogP contribution in [0.2, 0.25) is 0 Å². The monoisotopic (exact) mass is 381 g/mol. The van der Waals surface area contributed by atoms with Gasteiger partial charge >= 0.3 is 0 Å². The Labute approximate surface area is 165 Å². The third-order valence-electron chi connectivity index (χ3n) is 6.00. The molecule has 0 saturated carbocycles. The van der Waals surface area contributed by atoms with Crippen LogP contribution in [0.1, 0.15) is 31.2 Å². The minimum Gasteiger partial charge on any atom is -0.391 e. The lowest BCUT2D eigenvalue weighted by molar-refractivity contribution is -0.135. The zero-order chi connectivity index (χ0) is 19.5. The summed E-state index contributed by atoms with van der Waals surface area (Å²) in [4.78, 5) is 32.5. The maximum absolute atomic E-state index is 12.6. The summed E-state index contributed by atoms with van der Waals surface area (Å²) in [5.74, 6) is 0.203. The molecule has 2 atom stereocenters. The summed E-state index contributed by atoms with van der Waals surface area (Å²) in [5.41, 5.74) is 2.11. The van der Waals surface area contributed by atoms with Crippen LogP contribution in [0.5, 0.6) is 0 Å². The van der Waals surface area contributed by atoms with Gasteiger partial charge in [-0.1, -0.05) is 18.2 Å². The number of rotatable bonds is 5. The van der Waals surface area contributed by atoms with Crippen molar-refractivity contribution in [3.05, 3.63) is 42.1 Å². The van der Waals surface area contributed by atoms with Gasteiger partial charge in [0, 0.05) is 56.5 Å². The van der Waals surface area contributed by atoms with Crippen LogP contribution in [0.4, 0.5) is 0 Å². The van der Waals surface area contributed by atoms with Crippen molar-refractivity contribution in [2.75, 3.05) is 26.2 Å². The number of fused-ring (bicyclic) bond motifs is 1. The molecule has 1 N–H and O–H groups in total. The second kappa shape index (κ2) is 8.27. The van der Waals surface area contributed by atoms with Crippen molar-refractivity contribution in [3.8, 4) is 0 Å². The molecule has 2 aromatic rings. The number of amides is 2. The molecule has 0 spiro atoms. The summed E-state index contributed by atoms with van der Waals surface area (Å²) in [6.45, 7) is 2.18. The molecule has 28 heavy (non-hydrogen) atoms. The average Bonchev–Trinajstić information content (AvgIpc) is 3.08. The smallest absolute Gasteiger partial charge is 0.224 e. The normalized spacial score (nSPS) is 22.8. The molecule has 2 aliphatic heterocycles. The van der Waals surface area contributed by atoms with Gasteiger partial charge in [0.15, 0.2) is 0 Å². The Bertz CT molecular complexity index is 864. The number of nitrogens with zero attached hydrogens (tertiary/aromatic N) is 3. The molecule has 0 unspecified atom stereocenters. The SMILES string of the molecule is O=C1CCCCN1CCC(=O)N1C[C@@H](Cc2ccnc3ccccc23)[C@H](O)C1. The van der Waals surface area contributed by atoms with Crippen LogP contribution < -0.4 is 0 Å². The summed E-state index contributed by atoms with van der Waals surface area (Å²) in [6, 6.07) is 10.0. The van der Waals surface area contributed by atoms with E-state index in [0.717, 1.165) is 42.3 Å². The molecule has 0 radical (unpaired) electrons. The molecule has 2 saturated heterocycles. The molecule has 2 aliphatic rings. The Balaban J connectivity index is 1.36. The molecular formula is C22H27N3O3. The highest BCUT2D eigenvalue weighted by Crippen LogP contribution is 2.26. The fourth-order valence-electron chi connectivity index (χ4n) is 4.36. The van der Waals surface area contributed by atoms with Crippen LogP contribution in [-0.4, -0.2) is 64.0 Å². The van der Waals surface area contributed by atoms with E-state index < -0.39 is 6.10 Å². The molecule has 2 amide bonds. The van der Waals surface area contributed by atoms with Gasteiger partial charge < -0.3 is 14.9 Å². The van der Waals surface area contributed by atoms with Crippen molar-refractivity contribution in [2.24, 2.45) is 5.92 Å². The number of carbonyl (C=O) groups excluding carboxylic acids is 2. The number of hydrogen-bond acceptors (Lipinski definition) is 4. The van der Waals surface area contributed by atoms with Crippen molar-refractivity contribution >= 4 is 22.7 Å². The summed E-state index contributed by atoms with van der Waals surface area (Å²) in [7, 11) is 0. The zero-order valence-electron chi connectivity index (χ0n) is 16.1. The van der Waals surface area contributed by atoms with E-state index in [9.17, 15) is 14.7 Å². The lowest BCUT2D eigenvalue weighted by Crippen LogP contribution is -2.39. The number of aliphatic hydroxyl groups excluding tert-OH is 1. The van der Waals surface area contributed by atoms with E-state index in [1.807, 2.05) is 24.3 Å². The van der Waals surface area contributed by atoms with Crippen LogP contribution >= 0.6 is 0 Å². The number of pyridine rings is 1. The molecule has 4 rings (SSSR count). The first kappa shape index (κ1) is 18.9. The van der Waals surface area contributed by atoms with Gasteiger partial charge in [-0.25, -0.2) is 0 Å². The number of piperidine rings is 1. The Morgan fingerprint density at radius 1 is 1.18 bits per heavy atom. The highest BCUT2D eigenvalue weighted by atomic mass is 16.3. The van der Waals surface area contributed by atoms with Gasteiger partial charge in [-0.2, -0.15) is 0 Å². The van der Waals surface area contributed by atoms with Gasteiger partial charge in [0.05, 0.1) is 11.6 Å². The summed E-state index contributed by atoms with van der Waals surface area (Å²) in [5, 5.41) is 11.6. The van der Waals surface area contributed by atoms with E-state index in [1.165, 1.54) is 0 Å². The second-order valence-corrected chi connectivity index (χ2v) is 7.91. The fourth-order valence-corrected chi connectivity index (χ4v) is 4.36. The third kappa shape index (κ3) is 4.02. The summed E-state index contributed by atoms with van der Waals surface area (Å²) >= 11 is 0. The Hall–Kier alpha value is -2.47. The largest absolute Gasteiger partial charge is 0.391 e. The van der Waals surface area contributed by atoms with Gasteiger partial charge in [-0.15, -0.1) is 0 Å². The molecule has 6 heteroatoms. The number of aromatic nitrogens is 1. The first-order chi connectivity index (χ1) is 13.6. The predicted octanol–water partition coefficient (Wildman–Crippen LogP) is 2.00. The average molecular weight is 381 g/mol. The summed E-state index contributed by atoms with van der Waals surface area (Å²) in [6.07, 6.45) is 4.91. The second-order valence-electron chi connectivity index (χ2n) is 7.91. The van der Waals surface area contributed by atoms with Crippen LogP contribution in [0, 0.1) is 5.92 Å². The number of carbonyl (C=O) groups is 2. The number of aliphatic hydroxyl groups is 1. The fraction of sp³-hybridized carbons (Fsp3) is 0.500. The molecule has 0 aliphatic carbocycles. The molecule has 0 bridgehead atoms. The Morgan fingerprint density at radius 2 is 2.04 bits per heavy atom. The topological polar surface area (TPSA) is 73.7 Å². The van der Waals surface area contributed by atoms with Gasteiger partial charge in [-0.05, 0) is 37.0 Å². The highest BCUT2D eigenvalue weighted by molar-refractivity contribution is 5.82. The Morgan fingerprint density at radius 3 is 2.89 bits per heavy atom. The lowest BCUT2D eigenvalue weighted by atomic mass is 9.94. The number of likely N-dealkylation sites (tertiary alicyclic amines) is 2. The van der Waals surface area contributed by atoms with Crippen LogP contribution in [0.25, 0.3) is 10.9 Å². The molecule has 3 heterocycles. The van der Waals surface area contributed by atoms with Gasteiger partial charge in [0.1, 0.15) is 0 Å². The summed E-state index contributed by atoms with van der Waals surface area (Å²) < 4.78 is 0. The molecule has 6 nitrogen and oxygen atoms in total. The van der Waals surface area contributed by atoms with Gasteiger partial charge in [0.2, 0.25) is 11.8 Å². The highest BCUT2D eigenvalue weighted by Gasteiger charge is 2.34. The Kier molecular flexibility index (Phi) is 5.57. The van der Waals surface area contributed by atoms with E-state index in [2.05, 4.69) is 11.1 Å². The molecule has 2 fully saturated rings. The van der Waals surface area contributed by atoms with E-state index in [4.69, 9.17) is 0 Å². The quantitative estimate of drug-likeness (QED) is 0.860. The van der Waals surface area contributed by atoms with Crippen molar-refractivity contribution in [2.45, 2.75) is 38.2 Å². The number of para-hydroxylation sites is 1. The number of hydrogen-bond donors (Lipinski definition) is 1. The minimum absolute atomic E-state index is 0.0198. The van der Waals surface area contributed by atoms with E-state index in [0.29, 0.717) is 32.5 Å². The molecule has 1 aromatic heterocycles. The first-order valence-electron chi connectivity index (χ1n) is 10.2. The number of benzene rings is 1. The molecule has 148 valence electrons. The first-order valence-corrected chi connectivity index (χ1v) is 10.2. The maximum atomic E-state index is 12.6. The van der Waals surface area contributed by atoms with Crippen molar-refractivity contribution in [3.63, 3.8) is 0 Å². The van der Waals surface area contributed by atoms with E-state index >= 15 is 0 Å². The minimum atomic E-state index is -0.521. The van der Waals surface area contributed by atoms with Crippen molar-refractivity contribution < 1.29 is 14.7 Å². The van der Waals surface area contributed by atoms with E-state index in [-0.39, 0.29) is 17.7 Å². The van der Waals surface area contributed by atoms with Gasteiger partial charge in [0.25, 0.3) is 0 Å². The van der Waals surface area contributed by atoms with Crippen molar-refractivity contribution in [1.82, 2.24) is 14.8 Å². The van der Waals surface area contributed by atoms with Crippen LogP contribution in [0.15, 0.2) is 36.5 Å². The van der Waals surface area contributed by atoms with Gasteiger partial charge in [-0.3, -0.25) is 14.6 Å². The standard InChI is InChI=1S/C22H27N3O3/c26-20-15-25(22(28)9-12-24-11-4-3-7-21(24)27)14-17(20)13-16-8-10-23-19-6-2-1-5-18(16)19/h1-2,5-6,8,10,17,20,26H,3-4,7,9,11-15H2/t17-,20-/m1/s1. The molecule has 1 aromatic carbocycles. The predicted molar refractivity (Wildman–Crippen MR) is 107 cm³/mol. The van der Waals surface area contributed by atoms with Crippen molar-refractivity contribution in [1.29, 1.82) is 0 Å².